The Hall–Kier alpha value is -2.41. The van der Waals surface area contributed by atoms with E-state index in [1.54, 1.807) is 12.3 Å². The first-order valence-electron chi connectivity index (χ1n) is 10.7. The van der Waals surface area contributed by atoms with Crippen molar-refractivity contribution in [2.45, 2.75) is 51.2 Å². The van der Waals surface area contributed by atoms with Crippen LogP contribution in [0.25, 0.3) is 10.9 Å². The summed E-state index contributed by atoms with van der Waals surface area (Å²) in [5, 5.41) is 3.56. The number of carbonyl (C=O) groups excluding carboxylic acids is 1. The van der Waals surface area contributed by atoms with Crippen LogP contribution < -0.4 is 15.6 Å². The lowest BCUT2D eigenvalue weighted by atomic mass is 10.0. The molecule has 0 unspecified atom stereocenters. The average molecular weight is 398 g/mol. The molecule has 2 bridgehead atoms. The fraction of sp³-hybridized carbons (Fsp3) is 0.545. The van der Waals surface area contributed by atoms with Crippen LogP contribution in [0.4, 0.5) is 10.1 Å². The summed E-state index contributed by atoms with van der Waals surface area (Å²) in [5.41, 5.74) is 1.03. The van der Waals surface area contributed by atoms with Crippen LogP contribution in [-0.2, 0) is 6.54 Å². The van der Waals surface area contributed by atoms with Gasteiger partial charge in [0.2, 0.25) is 5.43 Å². The molecule has 0 atom stereocenters. The van der Waals surface area contributed by atoms with Gasteiger partial charge in [0.25, 0.3) is 5.91 Å². The van der Waals surface area contributed by atoms with Crippen LogP contribution in [0.15, 0.2) is 23.1 Å². The highest BCUT2D eigenvalue weighted by Crippen LogP contribution is 2.38. The zero-order valence-corrected chi connectivity index (χ0v) is 16.8. The lowest BCUT2D eigenvalue weighted by Gasteiger charge is -2.30. The van der Waals surface area contributed by atoms with Crippen LogP contribution >= 0.6 is 0 Å². The van der Waals surface area contributed by atoms with E-state index in [2.05, 4.69) is 5.32 Å². The van der Waals surface area contributed by atoms with E-state index < -0.39 is 5.82 Å². The maximum atomic E-state index is 15.0. The Labute approximate surface area is 169 Å². The fourth-order valence-electron chi connectivity index (χ4n) is 5.34. The molecular formula is C22H27FN4O2. The molecule has 7 heteroatoms. The van der Waals surface area contributed by atoms with E-state index in [9.17, 15) is 14.0 Å². The minimum atomic E-state index is -0.398. The third-order valence-electron chi connectivity index (χ3n) is 6.87. The van der Waals surface area contributed by atoms with Crippen LogP contribution in [-0.4, -0.2) is 53.6 Å². The van der Waals surface area contributed by atoms with E-state index >= 15 is 0 Å². The fourth-order valence-corrected chi connectivity index (χ4v) is 5.34. The molecule has 3 aliphatic rings. The second-order valence-electron chi connectivity index (χ2n) is 8.39. The Morgan fingerprint density at radius 3 is 2.41 bits per heavy atom. The van der Waals surface area contributed by atoms with Crippen molar-refractivity contribution < 1.29 is 9.18 Å². The van der Waals surface area contributed by atoms with Crippen molar-refractivity contribution in [1.82, 2.24) is 14.8 Å². The zero-order valence-electron chi connectivity index (χ0n) is 16.8. The van der Waals surface area contributed by atoms with Gasteiger partial charge in [0.15, 0.2) is 0 Å². The number of pyridine rings is 1. The molecule has 0 saturated carbocycles. The highest BCUT2D eigenvalue weighted by Gasteiger charge is 2.43. The number of nitrogens with one attached hydrogen (secondary N) is 1. The van der Waals surface area contributed by atoms with Gasteiger partial charge in [-0.1, -0.05) is 0 Å². The number of benzene rings is 1. The van der Waals surface area contributed by atoms with Crippen molar-refractivity contribution in [2.75, 3.05) is 31.1 Å². The third kappa shape index (κ3) is 2.94. The first-order valence-corrected chi connectivity index (χ1v) is 10.7. The van der Waals surface area contributed by atoms with Crippen molar-refractivity contribution in [3.63, 3.8) is 0 Å². The van der Waals surface area contributed by atoms with Gasteiger partial charge >= 0.3 is 0 Å². The van der Waals surface area contributed by atoms with Gasteiger partial charge in [0, 0.05) is 56.4 Å². The summed E-state index contributed by atoms with van der Waals surface area (Å²) in [6, 6.07) is 3.61. The van der Waals surface area contributed by atoms with Gasteiger partial charge in [-0.2, -0.15) is 0 Å². The Balaban J connectivity index is 1.61. The number of halogens is 1. The van der Waals surface area contributed by atoms with E-state index in [-0.39, 0.29) is 29.0 Å². The van der Waals surface area contributed by atoms with Crippen molar-refractivity contribution in [2.24, 2.45) is 0 Å². The molecule has 1 aromatic heterocycles. The summed E-state index contributed by atoms with van der Waals surface area (Å²) in [6.45, 7) is 5.66. The highest BCUT2D eigenvalue weighted by atomic mass is 19.1. The molecule has 3 fully saturated rings. The number of piperazine rings is 1. The first-order chi connectivity index (χ1) is 14.1. The van der Waals surface area contributed by atoms with E-state index in [1.165, 1.54) is 6.07 Å². The van der Waals surface area contributed by atoms with Gasteiger partial charge in [-0.25, -0.2) is 4.39 Å². The molecule has 154 valence electrons. The number of carbonyl (C=O) groups is 1. The van der Waals surface area contributed by atoms with Gasteiger partial charge < -0.3 is 19.7 Å². The van der Waals surface area contributed by atoms with Crippen LogP contribution in [0.1, 0.15) is 43.0 Å². The molecule has 1 amide bonds. The minimum Gasteiger partial charge on any atom is -0.367 e. The van der Waals surface area contributed by atoms with E-state index in [0.717, 1.165) is 51.9 Å². The first kappa shape index (κ1) is 18.6. The molecule has 1 aromatic carbocycles. The average Bonchev–Trinajstić information content (AvgIpc) is 3.35. The summed E-state index contributed by atoms with van der Waals surface area (Å²) in [4.78, 5) is 30.4. The lowest BCUT2D eigenvalue weighted by molar-refractivity contribution is 0.0728. The number of anilines is 1. The Morgan fingerprint density at radius 2 is 1.79 bits per heavy atom. The zero-order chi connectivity index (χ0) is 20.1. The summed E-state index contributed by atoms with van der Waals surface area (Å²) < 4.78 is 16.9. The normalized spacial score (nSPS) is 23.9. The molecule has 5 rings (SSSR count). The number of rotatable bonds is 3. The van der Waals surface area contributed by atoms with Crippen molar-refractivity contribution in [3.8, 4) is 0 Å². The summed E-state index contributed by atoms with van der Waals surface area (Å²) in [5.74, 6) is -0.583. The van der Waals surface area contributed by atoms with Crippen LogP contribution in [0.2, 0.25) is 0 Å². The van der Waals surface area contributed by atoms with Gasteiger partial charge in [0.05, 0.1) is 11.2 Å². The van der Waals surface area contributed by atoms with E-state index in [1.807, 2.05) is 21.3 Å². The lowest BCUT2D eigenvalue weighted by Crippen LogP contribution is -2.44. The molecule has 4 heterocycles. The third-order valence-corrected chi connectivity index (χ3v) is 6.87. The number of fused-ring (bicyclic) bond motifs is 3. The molecule has 2 aromatic rings. The molecular weight excluding hydrogens is 371 g/mol. The van der Waals surface area contributed by atoms with E-state index in [4.69, 9.17) is 0 Å². The summed E-state index contributed by atoms with van der Waals surface area (Å²) in [6.07, 6.45) is 5.77. The largest absolute Gasteiger partial charge is 0.367 e. The molecule has 1 N–H and O–H groups in total. The Kier molecular flexibility index (Phi) is 4.57. The topological polar surface area (TPSA) is 57.6 Å². The minimum absolute atomic E-state index is 0.174. The smallest absolute Gasteiger partial charge is 0.259 e. The maximum Gasteiger partial charge on any atom is 0.259 e. The Morgan fingerprint density at radius 1 is 1.14 bits per heavy atom. The number of hydrogen-bond donors (Lipinski definition) is 1. The molecule has 3 aliphatic heterocycles. The van der Waals surface area contributed by atoms with Gasteiger partial charge in [-0.3, -0.25) is 9.59 Å². The molecule has 29 heavy (non-hydrogen) atoms. The quantitative estimate of drug-likeness (QED) is 0.862. The van der Waals surface area contributed by atoms with Gasteiger partial charge in [-0.05, 0) is 44.7 Å². The standard InChI is InChI=1S/C22H27FN4O2/c1-2-25-13-17(22(29)27-14-3-4-15(27)6-5-14)21(28)16-11-18(23)20(12-19(16)25)26-9-7-24-8-10-26/h11-15,24H,2-10H2,1H3. The second kappa shape index (κ2) is 7.13. The van der Waals surface area contributed by atoms with Gasteiger partial charge in [0.1, 0.15) is 11.4 Å². The number of hydrogen-bond acceptors (Lipinski definition) is 4. The SMILES string of the molecule is CCn1cc(C(=O)N2C3CCC2CC3)c(=O)c2cc(F)c(N3CCNCC3)cc21. The van der Waals surface area contributed by atoms with Crippen molar-refractivity contribution in [1.29, 1.82) is 0 Å². The monoisotopic (exact) mass is 398 g/mol. The molecule has 0 radical (unpaired) electrons. The highest BCUT2D eigenvalue weighted by molar-refractivity contribution is 5.98. The molecule has 0 spiro atoms. The van der Waals surface area contributed by atoms with Crippen molar-refractivity contribution >= 4 is 22.5 Å². The maximum absolute atomic E-state index is 15.0. The van der Waals surface area contributed by atoms with Crippen LogP contribution in [0.3, 0.4) is 0 Å². The van der Waals surface area contributed by atoms with Crippen LogP contribution in [0.5, 0.6) is 0 Å². The summed E-state index contributed by atoms with van der Waals surface area (Å²) >= 11 is 0. The predicted molar refractivity (Wildman–Crippen MR) is 111 cm³/mol. The molecule has 0 aliphatic carbocycles. The van der Waals surface area contributed by atoms with Crippen molar-refractivity contribution in [3.05, 3.63) is 39.9 Å². The molecule has 3 saturated heterocycles. The number of amides is 1. The summed E-state index contributed by atoms with van der Waals surface area (Å²) in [7, 11) is 0. The Bertz CT molecular complexity index is 1010. The second-order valence-corrected chi connectivity index (χ2v) is 8.39. The van der Waals surface area contributed by atoms with E-state index in [0.29, 0.717) is 23.1 Å². The number of nitrogens with zero attached hydrogens (tertiary/aromatic N) is 3. The number of aromatic nitrogens is 1. The van der Waals surface area contributed by atoms with Gasteiger partial charge in [-0.15, -0.1) is 0 Å². The van der Waals surface area contributed by atoms with Crippen LogP contribution in [0, 0.1) is 5.82 Å². The predicted octanol–water partition coefficient (Wildman–Crippen LogP) is 2.34. The molecule has 6 nitrogen and oxygen atoms in total. The number of aryl methyl sites for hydroxylation is 1.